The van der Waals surface area contributed by atoms with E-state index in [0.29, 0.717) is 0 Å². The maximum atomic E-state index is 12.2. The van der Waals surface area contributed by atoms with Gasteiger partial charge in [0.15, 0.2) is 11.4 Å². The Labute approximate surface area is 244 Å². The molecule has 186 valence electrons. The number of nitriles is 1. The number of unbranched alkanes of at least 4 members (excludes halogenated alkanes) is 2. The van der Waals surface area contributed by atoms with Crippen molar-refractivity contribution in [2.24, 2.45) is 17.6 Å². The van der Waals surface area contributed by atoms with Crippen molar-refractivity contribution in [1.82, 2.24) is 0 Å². The van der Waals surface area contributed by atoms with Gasteiger partial charge >= 0.3 is 71.1 Å². The van der Waals surface area contributed by atoms with Crippen LogP contribution in [0.1, 0.15) is 85.5 Å². The van der Waals surface area contributed by atoms with Gasteiger partial charge in [-0.2, -0.15) is 13.7 Å². The molecular formula is C21H42N2Na2O7S. The van der Waals surface area contributed by atoms with Gasteiger partial charge in [0.2, 0.25) is 0 Å². The van der Waals surface area contributed by atoms with Gasteiger partial charge in [-0.25, -0.2) is 0 Å². The SMILES string of the molecule is CCCCC(CC)COC(=O)CC(C(=O)OCC(CC)CCCC)S(=O)(=O)O.N#CN.[NaH].[NaH]. The summed E-state index contributed by atoms with van der Waals surface area (Å²) in [4.78, 5) is 24.2. The van der Waals surface area contributed by atoms with Gasteiger partial charge in [-0.1, -0.05) is 66.2 Å². The molecule has 0 fully saturated rings. The summed E-state index contributed by atoms with van der Waals surface area (Å²) in [5, 5.41) is 5.15. The standard InChI is InChI=1S/C20H38O7S.CH2N2.2Na.2H/c1-5-9-11-16(7-3)14-26-19(21)13-18(28(23,24)25)20(22)27-15-17(8-4)12-10-6-2;2-1-3;;;;/h16-18H,5-15H2,1-4H3,(H,23,24,25);2H2;;;;. The third-order valence-electron chi connectivity index (χ3n) is 5.00. The van der Waals surface area contributed by atoms with Gasteiger partial charge in [-0.3, -0.25) is 14.1 Å². The molecular weight excluding hydrogens is 470 g/mol. The fraction of sp³-hybridized carbons (Fsp3) is 0.857. The second kappa shape index (κ2) is 25.2. The maximum absolute atomic E-state index is 12.2. The second-order valence-corrected chi connectivity index (χ2v) is 9.08. The van der Waals surface area contributed by atoms with Crippen molar-refractivity contribution >= 4 is 81.2 Å². The molecule has 0 saturated heterocycles. The summed E-state index contributed by atoms with van der Waals surface area (Å²) in [6.45, 7) is 8.35. The van der Waals surface area contributed by atoms with Crippen molar-refractivity contribution in [1.29, 1.82) is 5.26 Å². The summed E-state index contributed by atoms with van der Waals surface area (Å²) in [6, 6.07) is 0. The van der Waals surface area contributed by atoms with E-state index in [1.807, 2.05) is 13.8 Å². The average Bonchev–Trinajstić information content (AvgIpc) is 2.71. The van der Waals surface area contributed by atoms with Gasteiger partial charge in [-0.05, 0) is 24.7 Å². The van der Waals surface area contributed by atoms with E-state index in [0.717, 1.165) is 51.4 Å². The zero-order valence-electron chi connectivity index (χ0n) is 19.3. The Hall–Kier alpha value is 0.140. The van der Waals surface area contributed by atoms with Crippen LogP contribution >= 0.6 is 0 Å². The molecule has 0 heterocycles. The second-order valence-electron chi connectivity index (χ2n) is 7.48. The van der Waals surface area contributed by atoms with Crippen LogP contribution in [-0.4, -0.2) is 102 Å². The van der Waals surface area contributed by atoms with Crippen molar-refractivity contribution in [3.05, 3.63) is 0 Å². The van der Waals surface area contributed by atoms with E-state index in [9.17, 15) is 22.6 Å². The monoisotopic (exact) mass is 512 g/mol. The Morgan fingerprint density at radius 1 is 0.939 bits per heavy atom. The summed E-state index contributed by atoms with van der Waals surface area (Å²) in [6.07, 6.45) is 7.99. The van der Waals surface area contributed by atoms with Gasteiger partial charge in [0.1, 0.15) is 0 Å². The summed E-state index contributed by atoms with van der Waals surface area (Å²) in [7, 11) is -4.76. The van der Waals surface area contributed by atoms with Gasteiger partial charge in [0.25, 0.3) is 10.1 Å². The first-order valence-electron chi connectivity index (χ1n) is 11.0. The molecule has 0 aliphatic heterocycles. The van der Waals surface area contributed by atoms with Crippen LogP contribution in [0.15, 0.2) is 0 Å². The fourth-order valence-electron chi connectivity index (χ4n) is 2.82. The summed E-state index contributed by atoms with van der Waals surface area (Å²) in [5.41, 5.74) is 4.15. The molecule has 0 aliphatic carbocycles. The molecule has 3 unspecified atom stereocenters. The number of nitrogens with zero attached hydrogens (tertiary/aromatic N) is 1. The Balaban J connectivity index is -0.000000793. The van der Waals surface area contributed by atoms with E-state index in [-0.39, 0.29) is 84.2 Å². The number of nitrogens with two attached hydrogens (primary N) is 1. The Bertz CT molecular complexity index is 643. The normalized spacial score (nSPS) is 12.8. The van der Waals surface area contributed by atoms with Crippen LogP contribution in [0, 0.1) is 23.3 Å². The zero-order valence-corrected chi connectivity index (χ0v) is 20.2. The van der Waals surface area contributed by atoms with E-state index in [4.69, 9.17) is 14.7 Å². The molecule has 0 aromatic heterocycles. The molecule has 0 rings (SSSR count). The van der Waals surface area contributed by atoms with Crippen LogP contribution in [0.3, 0.4) is 0 Å². The first kappa shape index (κ1) is 40.3. The topological polar surface area (TPSA) is 157 Å². The molecule has 0 amide bonds. The Morgan fingerprint density at radius 3 is 1.67 bits per heavy atom. The predicted molar refractivity (Wildman–Crippen MR) is 133 cm³/mol. The molecule has 0 saturated carbocycles. The molecule has 0 radical (unpaired) electrons. The van der Waals surface area contributed by atoms with Gasteiger partial charge < -0.3 is 15.2 Å². The zero-order chi connectivity index (χ0) is 24.3. The quantitative estimate of drug-likeness (QED) is 0.104. The third kappa shape index (κ3) is 22.4. The molecule has 0 aliphatic rings. The molecule has 33 heavy (non-hydrogen) atoms. The average molecular weight is 513 g/mol. The molecule has 0 aromatic carbocycles. The van der Waals surface area contributed by atoms with E-state index in [1.165, 1.54) is 6.19 Å². The molecule has 0 bridgehead atoms. The summed E-state index contributed by atoms with van der Waals surface area (Å²) >= 11 is 0. The summed E-state index contributed by atoms with van der Waals surface area (Å²) < 4.78 is 42.8. The van der Waals surface area contributed by atoms with Crippen LogP contribution in [-0.2, 0) is 29.2 Å². The Kier molecular flexibility index (Phi) is 30.8. The number of hydrogen-bond donors (Lipinski definition) is 2. The molecule has 3 atom stereocenters. The Morgan fingerprint density at radius 2 is 1.33 bits per heavy atom. The molecule has 0 spiro atoms. The molecule has 12 heteroatoms. The van der Waals surface area contributed by atoms with Crippen LogP contribution < -0.4 is 5.73 Å². The van der Waals surface area contributed by atoms with Crippen LogP contribution in [0.25, 0.3) is 0 Å². The van der Waals surface area contributed by atoms with E-state index in [2.05, 4.69) is 19.6 Å². The van der Waals surface area contributed by atoms with E-state index >= 15 is 0 Å². The van der Waals surface area contributed by atoms with Crippen molar-refractivity contribution in [3.63, 3.8) is 0 Å². The minimum absolute atomic E-state index is 0. The van der Waals surface area contributed by atoms with Crippen molar-refractivity contribution in [3.8, 4) is 6.19 Å². The van der Waals surface area contributed by atoms with Crippen molar-refractivity contribution < 1.29 is 32.0 Å². The number of carbonyl (C=O) groups is 2. The number of hydrogen-bond acceptors (Lipinski definition) is 8. The number of rotatable bonds is 16. The van der Waals surface area contributed by atoms with E-state index < -0.39 is 33.7 Å². The van der Waals surface area contributed by atoms with Gasteiger partial charge in [0.05, 0.1) is 19.6 Å². The molecule has 0 aromatic rings. The van der Waals surface area contributed by atoms with Crippen molar-refractivity contribution in [2.45, 2.75) is 90.7 Å². The number of esters is 2. The predicted octanol–water partition coefficient (Wildman–Crippen LogP) is 2.28. The molecule has 9 nitrogen and oxygen atoms in total. The van der Waals surface area contributed by atoms with Gasteiger partial charge in [0, 0.05) is 0 Å². The number of carbonyl (C=O) groups excluding carboxylic acids is 2. The van der Waals surface area contributed by atoms with Crippen LogP contribution in [0.4, 0.5) is 0 Å². The fourth-order valence-corrected chi connectivity index (χ4v) is 3.48. The van der Waals surface area contributed by atoms with Crippen LogP contribution in [0.2, 0.25) is 0 Å². The van der Waals surface area contributed by atoms with E-state index in [1.54, 1.807) is 0 Å². The van der Waals surface area contributed by atoms with Crippen LogP contribution in [0.5, 0.6) is 0 Å². The first-order valence-corrected chi connectivity index (χ1v) is 12.5. The van der Waals surface area contributed by atoms with Crippen molar-refractivity contribution in [2.75, 3.05) is 13.2 Å². The molecule has 3 N–H and O–H groups in total. The third-order valence-corrected chi connectivity index (χ3v) is 6.08. The van der Waals surface area contributed by atoms with Gasteiger partial charge in [-0.15, -0.1) is 0 Å². The first-order chi connectivity index (χ1) is 14.6. The minimum atomic E-state index is -4.76. The number of ether oxygens (including phenoxy) is 2. The summed E-state index contributed by atoms with van der Waals surface area (Å²) in [5.74, 6) is -1.61.